The van der Waals surface area contributed by atoms with Gasteiger partial charge >= 0.3 is 5.88 Å². The Morgan fingerprint density at radius 2 is 2.00 bits per heavy atom. The smallest absolute Gasteiger partial charge is 0.404 e. The van der Waals surface area contributed by atoms with Gasteiger partial charge < -0.3 is 14.6 Å². The second-order valence-corrected chi connectivity index (χ2v) is 6.20. The van der Waals surface area contributed by atoms with Crippen LogP contribution in [0.25, 0.3) is 0 Å². The summed E-state index contributed by atoms with van der Waals surface area (Å²) in [5.74, 6) is 0.390. The van der Waals surface area contributed by atoms with Crippen LogP contribution in [0.4, 0.5) is 5.88 Å². The van der Waals surface area contributed by atoms with Gasteiger partial charge in [-0.3, -0.25) is 15.0 Å². The van der Waals surface area contributed by atoms with Crippen LogP contribution in [-0.2, 0) is 6.54 Å². The van der Waals surface area contributed by atoms with Crippen molar-refractivity contribution in [1.82, 2.24) is 15.1 Å². The minimum Gasteiger partial charge on any atom is -0.404 e. The molecule has 7 nitrogen and oxygen atoms in total. The minimum absolute atomic E-state index is 0.0553. The van der Waals surface area contributed by atoms with E-state index in [2.05, 4.69) is 36.0 Å². The van der Waals surface area contributed by atoms with Gasteiger partial charge in [0.25, 0.3) is 0 Å². The van der Waals surface area contributed by atoms with Crippen molar-refractivity contribution in [2.45, 2.75) is 25.9 Å². The summed E-state index contributed by atoms with van der Waals surface area (Å²) in [6, 6.07) is 3.04. The highest BCUT2D eigenvalue weighted by atomic mass is 16.6. The third-order valence-corrected chi connectivity index (χ3v) is 4.04. The fourth-order valence-corrected chi connectivity index (χ4v) is 2.57. The summed E-state index contributed by atoms with van der Waals surface area (Å²) in [5.41, 5.74) is 0.0553. The highest BCUT2D eigenvalue weighted by Crippen LogP contribution is 2.17. The first-order valence-corrected chi connectivity index (χ1v) is 7.26. The first-order chi connectivity index (χ1) is 9.88. The molecule has 0 bridgehead atoms. The Morgan fingerprint density at radius 3 is 2.57 bits per heavy atom. The highest BCUT2D eigenvalue weighted by Gasteiger charge is 2.28. The monoisotopic (exact) mass is 296 g/mol. The Labute approximate surface area is 125 Å². The number of hydrogen-bond donors (Lipinski definition) is 1. The number of rotatable bonds is 6. The van der Waals surface area contributed by atoms with Crippen LogP contribution in [-0.4, -0.2) is 60.0 Å². The van der Waals surface area contributed by atoms with E-state index in [0.717, 1.165) is 32.7 Å². The number of nitro groups is 1. The molecular formula is C14H24N4O3. The molecule has 1 saturated heterocycles. The molecule has 1 aliphatic heterocycles. The normalized spacial score (nSPS) is 18.0. The molecule has 0 atom stereocenters. The van der Waals surface area contributed by atoms with Crippen molar-refractivity contribution in [1.29, 1.82) is 0 Å². The van der Waals surface area contributed by atoms with E-state index in [-0.39, 0.29) is 11.4 Å². The topological polar surface area (TPSA) is 74.8 Å². The summed E-state index contributed by atoms with van der Waals surface area (Å²) in [4.78, 5) is 14.9. The van der Waals surface area contributed by atoms with E-state index in [1.807, 2.05) is 0 Å². The Kier molecular flexibility index (Phi) is 4.97. The number of piperazine rings is 1. The Morgan fingerprint density at radius 1 is 1.33 bits per heavy atom. The van der Waals surface area contributed by atoms with Gasteiger partial charge in [-0.2, -0.15) is 0 Å². The molecule has 118 valence electrons. The molecule has 7 heteroatoms. The van der Waals surface area contributed by atoms with E-state index < -0.39 is 4.92 Å². The van der Waals surface area contributed by atoms with E-state index in [9.17, 15) is 10.1 Å². The lowest BCUT2D eigenvalue weighted by molar-refractivity contribution is -0.402. The summed E-state index contributed by atoms with van der Waals surface area (Å²) in [6.45, 7) is 10.1. The molecule has 2 heterocycles. The SMILES string of the molecule is CN1CCN(C(C)(C)CNCc2ccc([N+](=O)[O-])o2)CC1. The summed E-state index contributed by atoms with van der Waals surface area (Å²) in [6.07, 6.45) is 0. The first kappa shape index (κ1) is 15.9. The van der Waals surface area contributed by atoms with Crippen molar-refractivity contribution < 1.29 is 9.34 Å². The molecule has 2 rings (SSSR count). The van der Waals surface area contributed by atoms with Gasteiger partial charge in [-0.25, -0.2) is 0 Å². The van der Waals surface area contributed by atoms with Gasteiger partial charge in [0.15, 0.2) is 0 Å². The zero-order valence-corrected chi connectivity index (χ0v) is 13.0. The molecule has 1 aromatic heterocycles. The lowest BCUT2D eigenvalue weighted by atomic mass is 10.0. The number of hydrogen-bond acceptors (Lipinski definition) is 6. The van der Waals surface area contributed by atoms with Gasteiger partial charge in [0, 0.05) is 38.3 Å². The number of nitrogens with one attached hydrogen (secondary N) is 1. The summed E-state index contributed by atoms with van der Waals surface area (Å²) in [7, 11) is 2.15. The summed E-state index contributed by atoms with van der Waals surface area (Å²) in [5, 5.41) is 13.9. The standard InChI is InChI=1S/C14H24N4O3/c1-14(2,17-8-6-16(3)7-9-17)11-15-10-12-4-5-13(21-12)18(19)20/h4-5,15H,6-11H2,1-3H3. The third-order valence-electron chi connectivity index (χ3n) is 4.04. The molecule has 0 saturated carbocycles. The number of nitrogens with zero attached hydrogens (tertiary/aromatic N) is 3. The second-order valence-electron chi connectivity index (χ2n) is 6.20. The molecule has 0 spiro atoms. The molecule has 1 fully saturated rings. The van der Waals surface area contributed by atoms with Crippen LogP contribution in [0.2, 0.25) is 0 Å². The van der Waals surface area contributed by atoms with E-state index in [1.54, 1.807) is 6.07 Å². The molecular weight excluding hydrogens is 272 g/mol. The summed E-state index contributed by atoms with van der Waals surface area (Å²) < 4.78 is 5.14. The molecule has 0 amide bonds. The van der Waals surface area contributed by atoms with Crippen molar-refractivity contribution in [3.8, 4) is 0 Å². The van der Waals surface area contributed by atoms with Crippen molar-refractivity contribution in [3.05, 3.63) is 28.0 Å². The van der Waals surface area contributed by atoms with Gasteiger partial charge in [-0.15, -0.1) is 0 Å². The largest absolute Gasteiger partial charge is 0.433 e. The van der Waals surface area contributed by atoms with Crippen LogP contribution in [0.15, 0.2) is 16.5 Å². The molecule has 0 aliphatic carbocycles. The van der Waals surface area contributed by atoms with Crippen LogP contribution >= 0.6 is 0 Å². The average Bonchev–Trinajstić information content (AvgIpc) is 2.88. The van der Waals surface area contributed by atoms with E-state index in [1.165, 1.54) is 6.07 Å². The predicted octanol–water partition coefficient (Wildman–Crippen LogP) is 1.30. The van der Waals surface area contributed by atoms with E-state index in [4.69, 9.17) is 4.42 Å². The molecule has 0 aromatic carbocycles. The zero-order chi connectivity index (χ0) is 15.5. The van der Waals surface area contributed by atoms with Crippen molar-refractivity contribution >= 4 is 5.88 Å². The third kappa shape index (κ3) is 4.26. The molecule has 1 aromatic rings. The molecule has 0 unspecified atom stereocenters. The van der Waals surface area contributed by atoms with Crippen molar-refractivity contribution in [2.24, 2.45) is 0 Å². The molecule has 1 N–H and O–H groups in total. The van der Waals surface area contributed by atoms with E-state index in [0.29, 0.717) is 12.3 Å². The number of furan rings is 1. The fourth-order valence-electron chi connectivity index (χ4n) is 2.57. The van der Waals surface area contributed by atoms with Gasteiger partial charge in [0.2, 0.25) is 0 Å². The van der Waals surface area contributed by atoms with Gasteiger partial charge in [-0.1, -0.05) is 0 Å². The van der Waals surface area contributed by atoms with E-state index >= 15 is 0 Å². The van der Waals surface area contributed by atoms with Crippen LogP contribution in [0.1, 0.15) is 19.6 Å². The average molecular weight is 296 g/mol. The molecule has 1 aliphatic rings. The van der Waals surface area contributed by atoms with Crippen LogP contribution in [0, 0.1) is 10.1 Å². The second kappa shape index (κ2) is 6.55. The quantitative estimate of drug-likeness (QED) is 0.630. The summed E-state index contributed by atoms with van der Waals surface area (Å²) >= 11 is 0. The molecule has 21 heavy (non-hydrogen) atoms. The van der Waals surface area contributed by atoms with Crippen LogP contribution in [0.3, 0.4) is 0 Å². The Hall–Kier alpha value is -1.44. The maximum absolute atomic E-state index is 10.6. The highest BCUT2D eigenvalue weighted by molar-refractivity contribution is 5.17. The maximum Gasteiger partial charge on any atom is 0.433 e. The lowest BCUT2D eigenvalue weighted by Crippen LogP contribution is -2.57. The predicted molar refractivity (Wildman–Crippen MR) is 80.2 cm³/mol. The van der Waals surface area contributed by atoms with Gasteiger partial charge in [-0.05, 0) is 27.0 Å². The Bertz CT molecular complexity index is 478. The Balaban J connectivity index is 1.79. The van der Waals surface area contributed by atoms with Crippen molar-refractivity contribution in [2.75, 3.05) is 39.8 Å². The molecule has 0 radical (unpaired) electrons. The minimum atomic E-state index is -0.516. The fraction of sp³-hybridized carbons (Fsp3) is 0.714. The lowest BCUT2D eigenvalue weighted by Gasteiger charge is -2.43. The first-order valence-electron chi connectivity index (χ1n) is 7.26. The van der Waals surface area contributed by atoms with Gasteiger partial charge in [0.05, 0.1) is 12.6 Å². The van der Waals surface area contributed by atoms with Crippen LogP contribution in [0.5, 0.6) is 0 Å². The zero-order valence-electron chi connectivity index (χ0n) is 13.0. The maximum atomic E-state index is 10.6. The van der Waals surface area contributed by atoms with Crippen LogP contribution < -0.4 is 5.32 Å². The number of likely N-dealkylation sites (N-methyl/N-ethyl adjacent to an activating group) is 1. The van der Waals surface area contributed by atoms with Crippen molar-refractivity contribution in [3.63, 3.8) is 0 Å². The van der Waals surface area contributed by atoms with Gasteiger partial charge in [0.1, 0.15) is 10.7 Å².